The smallest absolute Gasteiger partial charge is 0.273 e. The van der Waals surface area contributed by atoms with Crippen molar-refractivity contribution in [1.82, 2.24) is 19.6 Å². The number of nitrogens with one attached hydrogen (secondary N) is 2. The van der Waals surface area contributed by atoms with Crippen LogP contribution < -0.4 is 14.4 Å². The van der Waals surface area contributed by atoms with Gasteiger partial charge in [-0.05, 0) is 123 Å². The predicted molar refractivity (Wildman–Crippen MR) is 239 cm³/mol. The van der Waals surface area contributed by atoms with Crippen LogP contribution in [-0.2, 0) is 21.2 Å². The molecule has 2 saturated heterocycles. The zero-order valence-electron chi connectivity index (χ0n) is 34.6. The summed E-state index contributed by atoms with van der Waals surface area (Å²) in [5.41, 5.74) is 6.33. The summed E-state index contributed by atoms with van der Waals surface area (Å²) in [6.45, 7) is 5.41. The minimum absolute atomic E-state index is 0.0193. The number of piperazine rings is 1. The van der Waals surface area contributed by atoms with Crippen LogP contribution in [0, 0.1) is 21.4 Å². The van der Waals surface area contributed by atoms with E-state index in [1.54, 1.807) is 30.5 Å². The number of sulfonamides is 1. The van der Waals surface area contributed by atoms with E-state index in [1.807, 2.05) is 18.2 Å². The van der Waals surface area contributed by atoms with Crippen LogP contribution >= 0.6 is 11.6 Å². The number of nitro groups is 1. The summed E-state index contributed by atoms with van der Waals surface area (Å²) >= 11 is 6.28. The van der Waals surface area contributed by atoms with Crippen LogP contribution in [0.3, 0.4) is 0 Å². The van der Waals surface area contributed by atoms with Crippen molar-refractivity contribution < 1.29 is 27.6 Å². The third kappa shape index (κ3) is 9.24. The third-order valence-electron chi connectivity index (χ3n) is 13.4. The van der Waals surface area contributed by atoms with Gasteiger partial charge in [0.25, 0.3) is 21.6 Å². The van der Waals surface area contributed by atoms with Crippen molar-refractivity contribution in [3.05, 3.63) is 123 Å². The second-order valence-electron chi connectivity index (χ2n) is 17.4. The molecule has 2 N–H and O–H groups in total. The summed E-state index contributed by atoms with van der Waals surface area (Å²) in [6.07, 6.45) is 13.8. The highest BCUT2D eigenvalue weighted by Crippen LogP contribution is 2.55. The van der Waals surface area contributed by atoms with Gasteiger partial charge in [-0.25, -0.2) is 18.1 Å². The molecule has 4 heterocycles. The van der Waals surface area contributed by atoms with Gasteiger partial charge in [0.15, 0.2) is 0 Å². The van der Waals surface area contributed by atoms with Crippen molar-refractivity contribution in [1.29, 1.82) is 0 Å². The van der Waals surface area contributed by atoms with E-state index in [1.165, 1.54) is 60.7 Å². The van der Waals surface area contributed by atoms with Gasteiger partial charge in [0.1, 0.15) is 17.1 Å². The van der Waals surface area contributed by atoms with Gasteiger partial charge in [0.05, 0.1) is 21.6 Å². The number of hydrogen-bond acceptors (Lipinski definition) is 10. The lowest BCUT2D eigenvalue weighted by atomic mass is 9.59. The Morgan fingerprint density at radius 2 is 1.84 bits per heavy atom. The average molecular weight is 879 g/mol. The fraction of sp³-hybridized carbons (Fsp3) is 0.404. The van der Waals surface area contributed by atoms with Crippen molar-refractivity contribution in [3.63, 3.8) is 0 Å². The second kappa shape index (κ2) is 17.8. The molecule has 0 unspecified atom stereocenters. The minimum Gasteiger partial charge on any atom is -0.455 e. The molecule has 4 aliphatic rings. The zero-order valence-corrected chi connectivity index (χ0v) is 36.2. The van der Waals surface area contributed by atoms with Gasteiger partial charge in [-0.3, -0.25) is 19.8 Å². The highest BCUT2D eigenvalue weighted by atomic mass is 35.5. The lowest BCUT2D eigenvalue weighted by molar-refractivity contribution is -0.385. The number of anilines is 1. The van der Waals surface area contributed by atoms with Crippen molar-refractivity contribution in [3.8, 4) is 11.5 Å². The van der Waals surface area contributed by atoms with Gasteiger partial charge in [-0.1, -0.05) is 41.8 Å². The molecule has 5 aromatic rings. The van der Waals surface area contributed by atoms with Crippen molar-refractivity contribution in [2.24, 2.45) is 11.3 Å². The zero-order chi connectivity index (χ0) is 42.8. The van der Waals surface area contributed by atoms with E-state index in [0.717, 1.165) is 87.2 Å². The molecule has 15 heteroatoms. The topological polar surface area (TPSA) is 160 Å². The van der Waals surface area contributed by atoms with E-state index in [2.05, 4.69) is 36.6 Å². The van der Waals surface area contributed by atoms with Crippen LogP contribution in [0.1, 0.15) is 79.3 Å². The van der Waals surface area contributed by atoms with Gasteiger partial charge in [-0.2, -0.15) is 0 Å². The van der Waals surface area contributed by atoms with Crippen LogP contribution in [0.5, 0.6) is 11.5 Å². The molecule has 0 bridgehead atoms. The molecular formula is C47H51ClN6O7S. The second-order valence-corrected chi connectivity index (χ2v) is 19.5. The number of rotatable bonds is 13. The molecule has 62 heavy (non-hydrogen) atoms. The van der Waals surface area contributed by atoms with Gasteiger partial charge in [0.2, 0.25) is 0 Å². The summed E-state index contributed by atoms with van der Waals surface area (Å²) in [5, 5.41) is 13.7. The number of aromatic amines is 1. The number of nitrogens with zero attached hydrogens (tertiary/aromatic N) is 4. The van der Waals surface area contributed by atoms with Gasteiger partial charge in [-0.15, -0.1) is 0 Å². The number of benzene rings is 3. The molecule has 0 radical (unpaired) electrons. The first-order valence-corrected chi connectivity index (χ1v) is 23.5. The Bertz CT molecular complexity index is 2610. The number of aromatic nitrogens is 2. The maximum atomic E-state index is 13.9. The van der Waals surface area contributed by atoms with Crippen LogP contribution in [0.4, 0.5) is 11.4 Å². The largest absolute Gasteiger partial charge is 0.455 e. The SMILES string of the molecule is O=C(NS(=O)(=O)c1ccc(CC[C@H]2CCCOC2)c([N+](=O)[O-])c1)c1ccc(N2CCN(CC3=C(c4ccc(Cl)cc4)CC4(CCC4)CC3)CC2)cc1Oc1cnc2[nH]ccc2c1. The number of amides is 1. The Kier molecular flexibility index (Phi) is 12.1. The predicted octanol–water partition coefficient (Wildman–Crippen LogP) is 9.32. The normalized spacial score (nSPS) is 19.4. The number of hydrogen-bond donors (Lipinski definition) is 2. The van der Waals surface area contributed by atoms with E-state index < -0.39 is 20.9 Å². The summed E-state index contributed by atoms with van der Waals surface area (Å²) in [5.74, 6) is -0.134. The number of carbonyl (C=O) groups excluding carboxylic acids is 1. The monoisotopic (exact) mass is 878 g/mol. The van der Waals surface area contributed by atoms with Crippen LogP contribution in [0.25, 0.3) is 16.6 Å². The molecule has 2 aromatic heterocycles. The Morgan fingerprint density at radius 1 is 1.02 bits per heavy atom. The lowest BCUT2D eigenvalue weighted by Gasteiger charge is -2.47. The summed E-state index contributed by atoms with van der Waals surface area (Å²) in [4.78, 5) is 37.4. The standard InChI is InChI=1S/C47H51ClN6O7S/c48-37-9-6-33(7-10-37)42-28-47(16-2-17-47)18-14-36(42)30-52-20-22-53(23-21-52)38-11-13-41(44(26-38)61-39-25-35-15-19-49-45(35)50-29-39)46(55)51-62(58,59)40-12-8-34(43(27-40)54(56)57)5-4-32-3-1-24-60-31-32/h6-13,15,19,25-27,29,32H,1-5,14,16-18,20-24,28,30-31H2,(H,49,50)(H,51,55)/t32-/m1/s1. The van der Waals surface area contributed by atoms with Gasteiger partial charge < -0.3 is 19.4 Å². The molecule has 13 nitrogen and oxygen atoms in total. The van der Waals surface area contributed by atoms with E-state index >= 15 is 0 Å². The number of pyridine rings is 1. The minimum atomic E-state index is -4.53. The van der Waals surface area contributed by atoms with E-state index in [9.17, 15) is 23.3 Å². The maximum absolute atomic E-state index is 13.9. The number of aryl methyl sites for hydroxylation is 1. The summed E-state index contributed by atoms with van der Waals surface area (Å²) in [7, 11) is -4.53. The Labute approximate surface area is 366 Å². The van der Waals surface area contributed by atoms with Crippen LogP contribution in [-0.4, -0.2) is 80.1 Å². The number of carbonyl (C=O) groups is 1. The van der Waals surface area contributed by atoms with Crippen LogP contribution in [0.15, 0.2) is 95.7 Å². The first-order valence-electron chi connectivity index (χ1n) is 21.6. The fourth-order valence-electron chi connectivity index (χ4n) is 9.63. The summed E-state index contributed by atoms with van der Waals surface area (Å²) < 4.78 is 41.4. The van der Waals surface area contributed by atoms with E-state index in [-0.39, 0.29) is 27.8 Å². The van der Waals surface area contributed by atoms with E-state index in [0.29, 0.717) is 41.8 Å². The first kappa shape index (κ1) is 42.0. The molecule has 2 aliphatic carbocycles. The lowest BCUT2D eigenvalue weighted by Crippen LogP contribution is -2.47. The highest BCUT2D eigenvalue weighted by Gasteiger charge is 2.41. The number of H-pyrrole nitrogens is 1. The quantitative estimate of drug-likeness (QED) is 0.0862. The molecule has 1 atom stereocenters. The number of halogens is 1. The number of fused-ring (bicyclic) bond motifs is 1. The molecule has 9 rings (SSSR count). The number of nitro benzene ring substituents is 1. The van der Waals surface area contributed by atoms with Gasteiger partial charge >= 0.3 is 0 Å². The third-order valence-corrected chi connectivity index (χ3v) is 15.0. The molecule has 2 aliphatic heterocycles. The average Bonchev–Trinajstić information content (AvgIpc) is 3.74. The van der Waals surface area contributed by atoms with Crippen molar-refractivity contribution in [2.45, 2.75) is 69.1 Å². The maximum Gasteiger partial charge on any atom is 0.273 e. The van der Waals surface area contributed by atoms with E-state index in [4.69, 9.17) is 21.1 Å². The summed E-state index contributed by atoms with van der Waals surface area (Å²) in [6, 6.07) is 20.9. The highest BCUT2D eigenvalue weighted by molar-refractivity contribution is 7.90. The van der Waals surface area contributed by atoms with Gasteiger partial charge in [0, 0.05) is 85.9 Å². The molecular weight excluding hydrogens is 828 g/mol. The fourth-order valence-corrected chi connectivity index (χ4v) is 10.7. The Morgan fingerprint density at radius 3 is 2.58 bits per heavy atom. The first-order chi connectivity index (χ1) is 30.0. The molecule has 3 aromatic carbocycles. The number of ether oxygens (including phenoxy) is 2. The van der Waals surface area contributed by atoms with Crippen LogP contribution in [0.2, 0.25) is 5.02 Å². The van der Waals surface area contributed by atoms with Crippen molar-refractivity contribution >= 4 is 55.5 Å². The Balaban J connectivity index is 0.926. The Hall–Kier alpha value is -5.28. The molecule has 1 amide bonds. The molecule has 324 valence electrons. The molecule has 1 spiro atoms. The number of allylic oxidation sites excluding steroid dienone is 1. The molecule has 1 saturated carbocycles. The molecule has 3 fully saturated rings. The van der Waals surface area contributed by atoms with Crippen molar-refractivity contribution in [2.75, 3.05) is 50.8 Å².